The van der Waals surface area contributed by atoms with Crippen LogP contribution in [0.3, 0.4) is 0 Å². The topological polar surface area (TPSA) is 78.7 Å². The lowest BCUT2D eigenvalue weighted by Gasteiger charge is -2.35. The maximum Gasteiger partial charge on any atom is 0.168 e. The van der Waals surface area contributed by atoms with Crippen LogP contribution < -0.4 is 5.32 Å². The van der Waals surface area contributed by atoms with E-state index in [1.54, 1.807) is 12.4 Å². The smallest absolute Gasteiger partial charge is 0.168 e. The molecule has 0 unspecified atom stereocenters. The van der Waals surface area contributed by atoms with E-state index in [1.807, 2.05) is 42.6 Å². The average molecular weight is 535 g/mol. The first-order chi connectivity index (χ1) is 19.9. The molecular weight excluding hydrogens is 504 g/mol. The standard InChI is InChI=1S/C26H24N2O.C10H6N2/c1-26(2)11-3-6-21-22-9-7-18-13-19(28-16-17-5-4-12-27-15-17)8-10-20(18)25(22)24(29)14-23(21)26;11-6-8-5-9-3-1-2-4-10(9)12-7-8/h3-10,12-13,15,28H,11,14,16H2,1-2H3;1-5,7H. The van der Waals surface area contributed by atoms with Crippen molar-refractivity contribution >= 4 is 38.7 Å². The molecule has 0 amide bonds. The van der Waals surface area contributed by atoms with E-state index in [1.165, 1.54) is 11.1 Å². The van der Waals surface area contributed by atoms with Gasteiger partial charge in [-0.3, -0.25) is 14.8 Å². The van der Waals surface area contributed by atoms with Crippen molar-refractivity contribution in [1.82, 2.24) is 9.97 Å². The van der Waals surface area contributed by atoms with E-state index >= 15 is 0 Å². The van der Waals surface area contributed by atoms with E-state index in [2.05, 4.69) is 83.8 Å². The summed E-state index contributed by atoms with van der Waals surface area (Å²) >= 11 is 0. The maximum absolute atomic E-state index is 13.2. The molecule has 0 spiro atoms. The molecule has 1 N–H and O–H groups in total. The molecule has 0 saturated heterocycles. The van der Waals surface area contributed by atoms with Gasteiger partial charge in [0.05, 0.1) is 11.1 Å². The van der Waals surface area contributed by atoms with Crippen LogP contribution in [-0.4, -0.2) is 15.8 Å². The summed E-state index contributed by atoms with van der Waals surface area (Å²) in [6, 6.07) is 26.2. The first kappa shape index (κ1) is 26.2. The normalized spacial score (nSPS) is 15.0. The molecule has 5 heteroatoms. The number of fused-ring (bicyclic) bond motifs is 5. The minimum absolute atomic E-state index is 0.0481. The summed E-state index contributed by atoms with van der Waals surface area (Å²) in [6.07, 6.45) is 11.2. The van der Waals surface area contributed by atoms with Gasteiger partial charge in [-0.15, -0.1) is 0 Å². The number of aromatic nitrogens is 2. The molecule has 200 valence electrons. The van der Waals surface area contributed by atoms with Gasteiger partial charge in [-0.25, -0.2) is 0 Å². The Morgan fingerprint density at radius 1 is 0.976 bits per heavy atom. The largest absolute Gasteiger partial charge is 0.381 e. The molecule has 3 aromatic carbocycles. The number of pyridine rings is 2. The highest BCUT2D eigenvalue weighted by Crippen LogP contribution is 2.47. The van der Waals surface area contributed by atoms with Crippen molar-refractivity contribution in [3.8, 4) is 6.07 Å². The molecule has 5 aromatic rings. The molecule has 0 aliphatic heterocycles. The van der Waals surface area contributed by atoms with Crippen molar-refractivity contribution in [3.05, 3.63) is 131 Å². The van der Waals surface area contributed by atoms with Gasteiger partial charge in [0, 0.05) is 48.2 Å². The first-order valence-electron chi connectivity index (χ1n) is 13.8. The van der Waals surface area contributed by atoms with Crippen LogP contribution in [0.1, 0.15) is 53.7 Å². The second-order valence-corrected chi connectivity index (χ2v) is 11.1. The van der Waals surface area contributed by atoms with Gasteiger partial charge >= 0.3 is 0 Å². The average Bonchev–Trinajstić information content (AvgIpc) is 3.00. The summed E-state index contributed by atoms with van der Waals surface area (Å²) in [6.45, 7) is 5.20. The van der Waals surface area contributed by atoms with Crippen LogP contribution in [0.2, 0.25) is 0 Å². The van der Waals surface area contributed by atoms with Crippen LogP contribution in [0.4, 0.5) is 5.69 Å². The number of carbonyl (C=O) groups excluding carboxylic acids is 1. The van der Waals surface area contributed by atoms with Crippen molar-refractivity contribution in [1.29, 1.82) is 5.26 Å². The molecule has 0 fully saturated rings. The number of hydrogen-bond acceptors (Lipinski definition) is 5. The van der Waals surface area contributed by atoms with Gasteiger partial charge in [0.1, 0.15) is 6.07 Å². The van der Waals surface area contributed by atoms with Crippen LogP contribution in [0.15, 0.2) is 109 Å². The lowest BCUT2D eigenvalue weighted by molar-refractivity contribution is 0.0985. The SMILES string of the molecule is CC1(C)CC=CC2=C1CC(=O)c1c2ccc2cc(NCc3cccnc3)ccc12.N#Cc1cnc2ccccc2c1. The number of nitrogens with one attached hydrogen (secondary N) is 1. The molecule has 0 radical (unpaired) electrons. The summed E-state index contributed by atoms with van der Waals surface area (Å²) in [5, 5.41) is 15.2. The number of rotatable bonds is 3. The lowest BCUT2D eigenvalue weighted by atomic mass is 9.68. The first-order valence-corrected chi connectivity index (χ1v) is 13.8. The molecule has 0 atom stereocenters. The summed E-state index contributed by atoms with van der Waals surface area (Å²) in [7, 11) is 0. The third-order valence-electron chi connectivity index (χ3n) is 7.92. The summed E-state index contributed by atoms with van der Waals surface area (Å²) in [4.78, 5) is 21.4. The number of Topliss-reactive ketones (excluding diaryl/α,β-unsaturated/α-hetero) is 1. The van der Waals surface area contributed by atoms with Crippen molar-refractivity contribution in [3.63, 3.8) is 0 Å². The highest BCUT2D eigenvalue weighted by atomic mass is 16.1. The molecule has 0 saturated carbocycles. The lowest BCUT2D eigenvalue weighted by Crippen LogP contribution is -2.24. The van der Waals surface area contributed by atoms with Crippen LogP contribution >= 0.6 is 0 Å². The fourth-order valence-electron chi connectivity index (χ4n) is 5.70. The highest BCUT2D eigenvalue weighted by Gasteiger charge is 2.34. The van der Waals surface area contributed by atoms with Crippen LogP contribution in [-0.2, 0) is 6.54 Å². The molecular formula is C36H30N4O. The summed E-state index contributed by atoms with van der Waals surface area (Å²) in [5.74, 6) is 0.240. The molecule has 2 aromatic heterocycles. The van der Waals surface area contributed by atoms with Gasteiger partial charge in [0.2, 0.25) is 0 Å². The predicted octanol–water partition coefficient (Wildman–Crippen LogP) is 8.28. The van der Waals surface area contributed by atoms with E-state index in [-0.39, 0.29) is 11.2 Å². The van der Waals surface area contributed by atoms with Crippen LogP contribution in [0.25, 0.3) is 27.2 Å². The number of anilines is 1. The third kappa shape index (κ3) is 5.25. The van der Waals surface area contributed by atoms with Gasteiger partial charge in [0.15, 0.2) is 5.78 Å². The second-order valence-electron chi connectivity index (χ2n) is 11.1. The van der Waals surface area contributed by atoms with Gasteiger partial charge in [-0.05, 0) is 75.2 Å². The van der Waals surface area contributed by atoms with Gasteiger partial charge in [-0.2, -0.15) is 5.26 Å². The van der Waals surface area contributed by atoms with E-state index in [0.29, 0.717) is 12.0 Å². The van der Waals surface area contributed by atoms with E-state index in [4.69, 9.17) is 5.26 Å². The Kier molecular flexibility index (Phi) is 6.91. The Morgan fingerprint density at radius 2 is 1.85 bits per heavy atom. The van der Waals surface area contributed by atoms with E-state index in [9.17, 15) is 4.79 Å². The van der Waals surface area contributed by atoms with Crippen LogP contribution in [0, 0.1) is 16.7 Å². The van der Waals surface area contributed by atoms with Gasteiger partial charge in [-0.1, -0.05) is 68.5 Å². The maximum atomic E-state index is 13.2. The Morgan fingerprint density at radius 3 is 2.68 bits per heavy atom. The number of allylic oxidation sites excluding steroid dienone is 4. The third-order valence-corrected chi connectivity index (χ3v) is 7.92. The fourth-order valence-corrected chi connectivity index (χ4v) is 5.70. The minimum Gasteiger partial charge on any atom is -0.381 e. The number of para-hydroxylation sites is 1. The predicted molar refractivity (Wildman–Crippen MR) is 165 cm³/mol. The Labute approximate surface area is 239 Å². The fraction of sp³-hybridized carbons (Fsp3) is 0.167. The van der Waals surface area contributed by atoms with E-state index in [0.717, 1.165) is 57.0 Å². The molecule has 5 nitrogen and oxygen atoms in total. The number of nitriles is 1. The number of ketones is 1. The zero-order valence-corrected chi connectivity index (χ0v) is 23.2. The summed E-state index contributed by atoms with van der Waals surface area (Å²) in [5.41, 5.74) is 8.26. The van der Waals surface area contributed by atoms with Crippen molar-refractivity contribution in [2.24, 2.45) is 5.41 Å². The Hall–Kier alpha value is -5.08. The second kappa shape index (κ2) is 10.8. The molecule has 2 aliphatic rings. The van der Waals surface area contributed by atoms with Gasteiger partial charge in [0.25, 0.3) is 0 Å². The molecule has 41 heavy (non-hydrogen) atoms. The number of benzene rings is 3. The zero-order valence-electron chi connectivity index (χ0n) is 23.2. The van der Waals surface area contributed by atoms with Crippen LogP contribution in [0.5, 0.6) is 0 Å². The molecule has 0 bridgehead atoms. The van der Waals surface area contributed by atoms with Crippen molar-refractivity contribution in [2.75, 3.05) is 5.32 Å². The summed E-state index contributed by atoms with van der Waals surface area (Å²) < 4.78 is 0. The number of nitrogens with zero attached hydrogens (tertiary/aromatic N) is 3. The number of carbonyl (C=O) groups is 1. The monoisotopic (exact) mass is 534 g/mol. The highest BCUT2D eigenvalue weighted by molar-refractivity contribution is 6.16. The minimum atomic E-state index is 0.0481. The van der Waals surface area contributed by atoms with Gasteiger partial charge < -0.3 is 5.32 Å². The van der Waals surface area contributed by atoms with Crippen molar-refractivity contribution in [2.45, 2.75) is 33.2 Å². The zero-order chi connectivity index (χ0) is 28.4. The number of hydrogen-bond donors (Lipinski definition) is 1. The van der Waals surface area contributed by atoms with Crippen molar-refractivity contribution < 1.29 is 4.79 Å². The Bertz CT molecular complexity index is 1890. The molecule has 7 rings (SSSR count). The quantitative estimate of drug-likeness (QED) is 0.252. The molecule has 2 aliphatic carbocycles. The molecule has 2 heterocycles. The van der Waals surface area contributed by atoms with E-state index < -0.39 is 0 Å². The Balaban J connectivity index is 0.000000210.